The zero-order valence-electron chi connectivity index (χ0n) is 11.8. The molecule has 0 amide bonds. The van der Waals surface area contributed by atoms with E-state index in [4.69, 9.17) is 11.6 Å². The van der Waals surface area contributed by atoms with Gasteiger partial charge in [0.2, 0.25) is 0 Å². The molecule has 1 aromatic carbocycles. The van der Waals surface area contributed by atoms with Crippen LogP contribution in [0.25, 0.3) is 11.0 Å². The molecule has 2 saturated carbocycles. The Hall–Kier alpha value is -1.16. The van der Waals surface area contributed by atoms with Gasteiger partial charge >= 0.3 is 0 Å². The van der Waals surface area contributed by atoms with Crippen LogP contribution in [0.4, 0.5) is 8.78 Å². The molecule has 2 nitrogen and oxygen atoms in total. The second-order valence-electron chi connectivity index (χ2n) is 6.43. The van der Waals surface area contributed by atoms with Crippen LogP contribution in [0.3, 0.4) is 0 Å². The Bertz CT molecular complexity index is 710. The summed E-state index contributed by atoms with van der Waals surface area (Å²) in [5.41, 5.74) is 0.786. The van der Waals surface area contributed by atoms with Crippen molar-refractivity contribution in [1.82, 2.24) is 9.55 Å². The molecule has 4 rings (SSSR count). The number of benzene rings is 1. The lowest BCUT2D eigenvalue weighted by Crippen LogP contribution is -2.19. The summed E-state index contributed by atoms with van der Waals surface area (Å²) in [7, 11) is 0. The number of aromatic nitrogens is 2. The van der Waals surface area contributed by atoms with Crippen molar-refractivity contribution in [1.29, 1.82) is 0 Å². The van der Waals surface area contributed by atoms with Crippen LogP contribution >= 0.6 is 11.6 Å². The van der Waals surface area contributed by atoms with Gasteiger partial charge in [0.05, 0.1) is 10.9 Å². The number of nitrogens with zero attached hydrogens (tertiary/aromatic N) is 2. The molecule has 0 N–H and O–H groups in total. The number of imidazole rings is 1. The SMILES string of the molecule is CC(Cl)c1nc2ccc(F)c(F)c2n1C1CC2CCC1C2. The smallest absolute Gasteiger partial charge is 0.184 e. The second kappa shape index (κ2) is 4.67. The van der Waals surface area contributed by atoms with Crippen molar-refractivity contribution in [2.45, 2.75) is 44.0 Å². The molecule has 0 radical (unpaired) electrons. The molecule has 21 heavy (non-hydrogen) atoms. The molecule has 2 bridgehead atoms. The van der Waals surface area contributed by atoms with Gasteiger partial charge in [-0.3, -0.25) is 0 Å². The first kappa shape index (κ1) is 13.5. The molecule has 1 aromatic heterocycles. The predicted octanol–water partition coefficient (Wildman–Crippen LogP) is 4.98. The van der Waals surface area contributed by atoms with Crippen LogP contribution in [0, 0.1) is 23.5 Å². The summed E-state index contributed by atoms with van der Waals surface area (Å²) in [6, 6.07) is 2.89. The highest BCUT2D eigenvalue weighted by molar-refractivity contribution is 6.20. The maximum absolute atomic E-state index is 14.4. The van der Waals surface area contributed by atoms with Gasteiger partial charge in [0.25, 0.3) is 0 Å². The lowest BCUT2D eigenvalue weighted by atomic mass is 9.94. The first-order chi connectivity index (χ1) is 10.1. The number of hydrogen-bond acceptors (Lipinski definition) is 1. The van der Waals surface area contributed by atoms with Crippen LogP contribution in [0.15, 0.2) is 12.1 Å². The van der Waals surface area contributed by atoms with Gasteiger partial charge in [-0.15, -0.1) is 11.6 Å². The summed E-state index contributed by atoms with van der Waals surface area (Å²) in [5, 5.41) is -0.320. The van der Waals surface area contributed by atoms with Gasteiger partial charge in [0.15, 0.2) is 11.6 Å². The van der Waals surface area contributed by atoms with E-state index in [0.717, 1.165) is 12.5 Å². The molecular weight excluding hydrogens is 294 g/mol. The molecule has 2 aliphatic rings. The summed E-state index contributed by atoms with van der Waals surface area (Å²) >= 11 is 6.25. The van der Waals surface area contributed by atoms with Gasteiger partial charge in [-0.25, -0.2) is 13.8 Å². The van der Waals surface area contributed by atoms with Crippen LogP contribution in [-0.4, -0.2) is 9.55 Å². The highest BCUT2D eigenvalue weighted by Crippen LogP contribution is 2.52. The third-order valence-electron chi connectivity index (χ3n) is 5.16. The first-order valence-corrected chi connectivity index (χ1v) is 7.99. The highest BCUT2D eigenvalue weighted by atomic mass is 35.5. The predicted molar refractivity (Wildman–Crippen MR) is 78.4 cm³/mol. The van der Waals surface area contributed by atoms with Crippen LogP contribution in [0.1, 0.15) is 49.9 Å². The minimum absolute atomic E-state index is 0.209. The Kier molecular flexibility index (Phi) is 3.00. The number of rotatable bonds is 2. The number of hydrogen-bond donors (Lipinski definition) is 0. The molecule has 5 heteroatoms. The standard InChI is InChI=1S/C16H17ClF2N2/c1-8(17)16-20-12-5-4-11(18)14(19)15(12)21(16)13-7-9-2-3-10(13)6-9/h4-5,8-10,13H,2-3,6-7H2,1H3. The monoisotopic (exact) mass is 310 g/mol. The van der Waals surface area contributed by atoms with Crippen molar-refractivity contribution in [2.24, 2.45) is 11.8 Å². The molecular formula is C16H17ClF2N2. The van der Waals surface area contributed by atoms with Crippen LogP contribution < -0.4 is 0 Å². The van der Waals surface area contributed by atoms with Crippen LogP contribution in [-0.2, 0) is 0 Å². The summed E-state index contributed by atoms with van der Waals surface area (Å²) in [6.07, 6.45) is 4.65. The Balaban J connectivity index is 1.96. The molecule has 112 valence electrons. The lowest BCUT2D eigenvalue weighted by molar-refractivity contribution is 0.326. The fourth-order valence-electron chi connectivity index (χ4n) is 4.28. The van der Waals surface area contributed by atoms with E-state index < -0.39 is 11.6 Å². The normalized spacial score (nSPS) is 29.4. The number of fused-ring (bicyclic) bond motifs is 3. The highest BCUT2D eigenvalue weighted by Gasteiger charge is 2.42. The van der Waals surface area contributed by atoms with Crippen molar-refractivity contribution in [2.75, 3.05) is 0 Å². The quantitative estimate of drug-likeness (QED) is 0.716. The third kappa shape index (κ3) is 1.91. The molecule has 0 aliphatic heterocycles. The first-order valence-electron chi connectivity index (χ1n) is 7.56. The van der Waals surface area contributed by atoms with Crippen molar-refractivity contribution < 1.29 is 8.78 Å². The van der Waals surface area contributed by atoms with E-state index in [-0.39, 0.29) is 16.9 Å². The Morgan fingerprint density at radius 2 is 2.10 bits per heavy atom. The summed E-state index contributed by atoms with van der Waals surface area (Å²) < 4.78 is 29.9. The van der Waals surface area contributed by atoms with Crippen LogP contribution in [0.2, 0.25) is 0 Å². The van der Waals surface area contributed by atoms with E-state index in [2.05, 4.69) is 4.98 Å². The molecule has 4 atom stereocenters. The Morgan fingerprint density at radius 3 is 2.71 bits per heavy atom. The van der Waals surface area contributed by atoms with E-state index in [1.165, 1.54) is 19.3 Å². The summed E-state index contributed by atoms with van der Waals surface area (Å²) in [5.74, 6) is 0.303. The lowest BCUT2D eigenvalue weighted by Gasteiger charge is -2.26. The van der Waals surface area contributed by atoms with Gasteiger partial charge in [-0.05, 0) is 50.2 Å². The molecule has 0 spiro atoms. The minimum Gasteiger partial charge on any atom is -0.321 e. The fourth-order valence-corrected chi connectivity index (χ4v) is 4.44. The van der Waals surface area contributed by atoms with Crippen molar-refractivity contribution in [3.63, 3.8) is 0 Å². The van der Waals surface area contributed by atoms with Crippen molar-refractivity contribution >= 4 is 22.6 Å². The average Bonchev–Trinajstić information content (AvgIpc) is 3.14. The maximum atomic E-state index is 14.4. The second-order valence-corrected chi connectivity index (χ2v) is 7.08. The molecule has 2 fully saturated rings. The van der Waals surface area contributed by atoms with E-state index in [9.17, 15) is 8.78 Å². The largest absolute Gasteiger partial charge is 0.321 e. The van der Waals surface area contributed by atoms with Gasteiger partial charge in [0, 0.05) is 6.04 Å². The topological polar surface area (TPSA) is 17.8 Å². The summed E-state index contributed by atoms with van der Waals surface area (Å²) in [6.45, 7) is 1.83. The van der Waals surface area contributed by atoms with Gasteiger partial charge in [-0.1, -0.05) is 6.42 Å². The average molecular weight is 311 g/mol. The van der Waals surface area contributed by atoms with Gasteiger partial charge in [-0.2, -0.15) is 0 Å². The van der Waals surface area contributed by atoms with E-state index in [0.29, 0.717) is 23.2 Å². The van der Waals surface area contributed by atoms with E-state index in [1.807, 2.05) is 11.5 Å². The molecule has 4 unspecified atom stereocenters. The van der Waals surface area contributed by atoms with Crippen molar-refractivity contribution in [3.8, 4) is 0 Å². The number of alkyl halides is 1. The van der Waals surface area contributed by atoms with Gasteiger partial charge < -0.3 is 4.57 Å². The Morgan fingerprint density at radius 1 is 1.29 bits per heavy atom. The molecule has 1 heterocycles. The zero-order chi connectivity index (χ0) is 14.7. The fraction of sp³-hybridized carbons (Fsp3) is 0.562. The van der Waals surface area contributed by atoms with Crippen molar-refractivity contribution in [3.05, 3.63) is 29.6 Å². The Labute approximate surface area is 127 Å². The zero-order valence-corrected chi connectivity index (χ0v) is 12.6. The van der Waals surface area contributed by atoms with E-state index in [1.54, 1.807) is 6.07 Å². The van der Waals surface area contributed by atoms with E-state index >= 15 is 0 Å². The van der Waals surface area contributed by atoms with Crippen LogP contribution in [0.5, 0.6) is 0 Å². The van der Waals surface area contributed by atoms with Gasteiger partial charge in [0.1, 0.15) is 11.3 Å². The molecule has 2 aliphatic carbocycles. The molecule has 2 aromatic rings. The summed E-state index contributed by atoms with van der Waals surface area (Å²) in [4.78, 5) is 4.47. The number of halogens is 3. The third-order valence-corrected chi connectivity index (χ3v) is 5.35. The maximum Gasteiger partial charge on any atom is 0.184 e. The minimum atomic E-state index is -0.819. The molecule has 0 saturated heterocycles.